The summed E-state index contributed by atoms with van der Waals surface area (Å²) in [5.41, 5.74) is 3.87. The van der Waals surface area contributed by atoms with E-state index in [-0.39, 0.29) is 18.4 Å². The summed E-state index contributed by atoms with van der Waals surface area (Å²) in [7, 11) is 0. The van der Waals surface area contributed by atoms with Crippen LogP contribution in [0, 0.1) is 13.8 Å². The number of hydrogen-bond acceptors (Lipinski definition) is 3. The molecule has 0 atom stereocenters. The molecule has 2 N–H and O–H groups in total. The zero-order chi connectivity index (χ0) is 18.5. The van der Waals surface area contributed by atoms with Crippen molar-refractivity contribution in [1.82, 2.24) is 15.1 Å². The second-order valence-electron chi connectivity index (χ2n) is 7.13. The van der Waals surface area contributed by atoms with Crippen molar-refractivity contribution < 1.29 is 9.59 Å². The molecule has 1 fully saturated rings. The lowest BCUT2D eigenvalue weighted by atomic mass is 10.0. The highest BCUT2D eigenvalue weighted by atomic mass is 16.2. The van der Waals surface area contributed by atoms with E-state index in [9.17, 15) is 9.59 Å². The molecule has 0 saturated heterocycles. The van der Waals surface area contributed by atoms with E-state index in [1.807, 2.05) is 32.0 Å². The number of rotatable bonds is 6. The Morgan fingerprint density at radius 1 is 1.19 bits per heavy atom. The molecule has 1 aromatic heterocycles. The molecule has 1 aliphatic rings. The third-order valence-corrected chi connectivity index (χ3v) is 4.80. The number of carbonyl (C=O) groups is 2. The van der Waals surface area contributed by atoms with E-state index in [1.54, 1.807) is 17.1 Å². The molecule has 3 rings (SSSR count). The minimum absolute atomic E-state index is 0.0340. The second-order valence-corrected chi connectivity index (χ2v) is 7.13. The first-order valence-electron chi connectivity index (χ1n) is 9.17. The number of anilines is 1. The van der Waals surface area contributed by atoms with Crippen LogP contribution in [0.4, 0.5) is 5.69 Å². The van der Waals surface area contributed by atoms with Crippen LogP contribution in [-0.2, 0) is 22.6 Å². The summed E-state index contributed by atoms with van der Waals surface area (Å²) in [6.45, 7) is 4.19. The van der Waals surface area contributed by atoms with Crippen LogP contribution < -0.4 is 10.6 Å². The van der Waals surface area contributed by atoms with Crippen LogP contribution in [0.15, 0.2) is 30.6 Å². The van der Waals surface area contributed by atoms with E-state index in [0.717, 1.165) is 29.5 Å². The normalized spacial score (nSPS) is 14.4. The Bertz CT molecular complexity index is 791. The van der Waals surface area contributed by atoms with Gasteiger partial charge in [0.25, 0.3) is 0 Å². The van der Waals surface area contributed by atoms with E-state index < -0.39 is 0 Å². The van der Waals surface area contributed by atoms with Crippen molar-refractivity contribution in [2.24, 2.45) is 0 Å². The minimum atomic E-state index is -0.0892. The molecule has 0 unspecified atom stereocenters. The van der Waals surface area contributed by atoms with Gasteiger partial charge < -0.3 is 10.6 Å². The van der Waals surface area contributed by atoms with Crippen molar-refractivity contribution in [1.29, 1.82) is 0 Å². The van der Waals surface area contributed by atoms with Gasteiger partial charge in [0.1, 0.15) is 6.54 Å². The number of benzene rings is 1. The van der Waals surface area contributed by atoms with E-state index in [1.165, 1.54) is 12.8 Å². The third kappa shape index (κ3) is 4.94. The van der Waals surface area contributed by atoms with Gasteiger partial charge in [-0.05, 0) is 37.8 Å². The number of nitrogens with one attached hydrogen (secondary N) is 2. The SMILES string of the molecule is Cc1ccc(C)c(CC(=O)Nc2cnn(CC(=O)NC3CCCC3)c2)c1. The largest absolute Gasteiger partial charge is 0.352 e. The first-order valence-corrected chi connectivity index (χ1v) is 9.17. The topological polar surface area (TPSA) is 76.0 Å². The lowest BCUT2D eigenvalue weighted by molar-refractivity contribution is -0.122. The molecule has 0 radical (unpaired) electrons. The summed E-state index contributed by atoms with van der Waals surface area (Å²) in [6, 6.07) is 6.40. The summed E-state index contributed by atoms with van der Waals surface area (Å²) >= 11 is 0. The molecule has 1 aliphatic carbocycles. The van der Waals surface area contributed by atoms with Crippen molar-refractivity contribution >= 4 is 17.5 Å². The molecule has 2 aromatic rings. The van der Waals surface area contributed by atoms with E-state index >= 15 is 0 Å². The fourth-order valence-electron chi connectivity index (χ4n) is 3.37. The van der Waals surface area contributed by atoms with Crippen molar-refractivity contribution in [3.63, 3.8) is 0 Å². The molecule has 1 aromatic carbocycles. The molecule has 0 spiro atoms. The van der Waals surface area contributed by atoms with Gasteiger partial charge in [0.05, 0.1) is 18.3 Å². The fourth-order valence-corrected chi connectivity index (χ4v) is 3.37. The molecule has 1 saturated carbocycles. The summed E-state index contributed by atoms with van der Waals surface area (Å²) < 4.78 is 1.55. The number of nitrogens with zero attached hydrogens (tertiary/aromatic N) is 2. The summed E-state index contributed by atoms with van der Waals surface area (Å²) in [5.74, 6) is -0.123. The van der Waals surface area contributed by atoms with E-state index in [0.29, 0.717) is 18.2 Å². The van der Waals surface area contributed by atoms with Crippen LogP contribution in [0.1, 0.15) is 42.4 Å². The van der Waals surface area contributed by atoms with E-state index in [2.05, 4.69) is 15.7 Å². The molecule has 0 aliphatic heterocycles. The molecule has 6 nitrogen and oxygen atoms in total. The first-order chi connectivity index (χ1) is 12.5. The minimum Gasteiger partial charge on any atom is -0.352 e. The Balaban J connectivity index is 1.51. The lowest BCUT2D eigenvalue weighted by Crippen LogP contribution is -2.35. The smallest absolute Gasteiger partial charge is 0.241 e. The van der Waals surface area contributed by atoms with Gasteiger partial charge in [0, 0.05) is 12.2 Å². The Morgan fingerprint density at radius 3 is 2.73 bits per heavy atom. The Morgan fingerprint density at radius 2 is 1.96 bits per heavy atom. The molecule has 0 bridgehead atoms. The fraction of sp³-hybridized carbons (Fsp3) is 0.450. The van der Waals surface area contributed by atoms with Crippen molar-refractivity contribution in [2.75, 3.05) is 5.32 Å². The Hall–Kier alpha value is -2.63. The Kier molecular flexibility index (Phi) is 5.71. The van der Waals surface area contributed by atoms with Crippen LogP contribution in [0.25, 0.3) is 0 Å². The highest BCUT2D eigenvalue weighted by molar-refractivity contribution is 5.92. The van der Waals surface area contributed by atoms with Crippen LogP contribution in [0.5, 0.6) is 0 Å². The van der Waals surface area contributed by atoms with Gasteiger partial charge in [-0.3, -0.25) is 14.3 Å². The second kappa shape index (κ2) is 8.17. The molecule has 6 heteroatoms. The van der Waals surface area contributed by atoms with E-state index in [4.69, 9.17) is 0 Å². The van der Waals surface area contributed by atoms with Gasteiger partial charge in [0.2, 0.25) is 11.8 Å². The maximum atomic E-state index is 12.3. The molecule has 138 valence electrons. The standard InChI is InChI=1S/C20H26N4O2/c1-14-7-8-15(2)16(9-14)10-19(25)23-18-11-21-24(12-18)13-20(26)22-17-5-3-4-6-17/h7-9,11-12,17H,3-6,10,13H2,1-2H3,(H,22,26)(H,23,25). The van der Waals surface area contributed by atoms with Crippen molar-refractivity contribution in [3.05, 3.63) is 47.3 Å². The molecule has 2 amide bonds. The van der Waals surface area contributed by atoms with Crippen LogP contribution in [-0.4, -0.2) is 27.6 Å². The van der Waals surface area contributed by atoms with Gasteiger partial charge in [0.15, 0.2) is 0 Å². The predicted molar refractivity (Wildman–Crippen MR) is 101 cm³/mol. The van der Waals surface area contributed by atoms with Gasteiger partial charge >= 0.3 is 0 Å². The van der Waals surface area contributed by atoms with Crippen molar-refractivity contribution in [3.8, 4) is 0 Å². The molecular formula is C20H26N4O2. The molecule has 1 heterocycles. The monoisotopic (exact) mass is 354 g/mol. The van der Waals surface area contributed by atoms with Crippen molar-refractivity contribution in [2.45, 2.75) is 58.5 Å². The first kappa shape index (κ1) is 18.2. The highest BCUT2D eigenvalue weighted by Gasteiger charge is 2.17. The maximum Gasteiger partial charge on any atom is 0.241 e. The average molecular weight is 354 g/mol. The quantitative estimate of drug-likeness (QED) is 0.837. The molecular weight excluding hydrogens is 328 g/mol. The summed E-state index contributed by atoms with van der Waals surface area (Å²) in [5, 5.41) is 10.0. The zero-order valence-corrected chi connectivity index (χ0v) is 15.4. The van der Waals surface area contributed by atoms with Crippen LogP contribution >= 0.6 is 0 Å². The number of hydrogen-bond donors (Lipinski definition) is 2. The predicted octanol–water partition coefficient (Wildman–Crippen LogP) is 2.74. The zero-order valence-electron chi connectivity index (χ0n) is 15.4. The number of aromatic nitrogens is 2. The number of amides is 2. The average Bonchev–Trinajstić information content (AvgIpc) is 3.23. The van der Waals surface area contributed by atoms with Gasteiger partial charge in [-0.1, -0.05) is 36.6 Å². The lowest BCUT2D eigenvalue weighted by Gasteiger charge is -2.11. The van der Waals surface area contributed by atoms with Gasteiger partial charge in [-0.25, -0.2) is 0 Å². The highest BCUT2D eigenvalue weighted by Crippen LogP contribution is 2.17. The third-order valence-electron chi connectivity index (χ3n) is 4.80. The van der Waals surface area contributed by atoms with Gasteiger partial charge in [-0.2, -0.15) is 5.10 Å². The van der Waals surface area contributed by atoms with Gasteiger partial charge in [-0.15, -0.1) is 0 Å². The molecule has 26 heavy (non-hydrogen) atoms. The summed E-state index contributed by atoms with van der Waals surface area (Å²) in [4.78, 5) is 24.3. The van der Waals surface area contributed by atoms with Crippen LogP contribution in [0.2, 0.25) is 0 Å². The maximum absolute atomic E-state index is 12.3. The number of carbonyl (C=O) groups excluding carboxylic acids is 2. The van der Waals surface area contributed by atoms with Crippen LogP contribution in [0.3, 0.4) is 0 Å². The number of aryl methyl sites for hydroxylation is 2. The Labute approximate surface area is 154 Å². The summed E-state index contributed by atoms with van der Waals surface area (Å²) in [6.07, 6.45) is 8.07.